The average molecular weight is 229 g/mol. The smallest absolute Gasteiger partial charge is 0.198 e. The summed E-state index contributed by atoms with van der Waals surface area (Å²) in [5.74, 6) is 0.350. The molecule has 1 heterocycles. The van der Waals surface area contributed by atoms with E-state index in [1.807, 2.05) is 0 Å². The van der Waals surface area contributed by atoms with E-state index in [0.717, 1.165) is 18.4 Å². The van der Waals surface area contributed by atoms with Crippen LogP contribution < -0.4 is 0 Å². The number of aliphatic hydroxyl groups is 1. The molecule has 0 aliphatic heterocycles. The van der Waals surface area contributed by atoms with Crippen molar-refractivity contribution in [2.45, 2.75) is 44.6 Å². The van der Waals surface area contributed by atoms with Crippen molar-refractivity contribution in [1.29, 1.82) is 0 Å². The number of rotatable bonds is 2. The number of halogens is 1. The highest BCUT2D eigenvalue weighted by molar-refractivity contribution is 6.29. The number of hydrogen-bond acceptors (Lipinski definition) is 2. The summed E-state index contributed by atoms with van der Waals surface area (Å²) in [4.78, 5) is 0. The molecule has 84 valence electrons. The summed E-state index contributed by atoms with van der Waals surface area (Å²) >= 11 is 5.87. The zero-order valence-electron chi connectivity index (χ0n) is 8.79. The summed E-state index contributed by atoms with van der Waals surface area (Å²) in [5.41, 5.74) is 0.753. The monoisotopic (exact) mass is 228 g/mol. The highest BCUT2D eigenvalue weighted by Crippen LogP contribution is 2.36. The summed E-state index contributed by atoms with van der Waals surface area (Å²) < 4.78 is 5.01. The molecular weight excluding hydrogens is 212 g/mol. The quantitative estimate of drug-likeness (QED) is 0.778. The minimum Gasteiger partial charge on any atom is -0.453 e. The van der Waals surface area contributed by atoms with Crippen molar-refractivity contribution < 1.29 is 9.52 Å². The van der Waals surface area contributed by atoms with Crippen LogP contribution in [0.15, 0.2) is 16.7 Å². The molecule has 1 saturated carbocycles. The molecule has 0 radical (unpaired) electrons. The third kappa shape index (κ3) is 2.56. The number of aliphatic hydroxyl groups excluding tert-OH is 1. The van der Waals surface area contributed by atoms with Gasteiger partial charge in [-0.1, -0.05) is 25.7 Å². The SMILES string of the molecule is OC(c1ccoc1Cl)C1CCCCCC1. The maximum atomic E-state index is 10.2. The Bertz CT molecular complexity index is 300. The number of furan rings is 1. The van der Waals surface area contributed by atoms with E-state index in [4.69, 9.17) is 16.0 Å². The Balaban J connectivity index is 2.06. The van der Waals surface area contributed by atoms with Gasteiger partial charge in [0.25, 0.3) is 0 Å². The lowest BCUT2D eigenvalue weighted by Gasteiger charge is -2.20. The summed E-state index contributed by atoms with van der Waals surface area (Å²) in [5, 5.41) is 10.5. The molecule has 0 aromatic carbocycles. The molecule has 1 fully saturated rings. The first-order valence-corrected chi connectivity index (χ1v) is 6.08. The van der Waals surface area contributed by atoms with Crippen molar-refractivity contribution in [3.05, 3.63) is 23.1 Å². The molecule has 3 heteroatoms. The van der Waals surface area contributed by atoms with Crippen LogP contribution in [0.2, 0.25) is 5.22 Å². The highest BCUT2D eigenvalue weighted by Gasteiger charge is 2.24. The lowest BCUT2D eigenvalue weighted by Crippen LogP contribution is -2.11. The molecule has 1 atom stereocenters. The fourth-order valence-electron chi connectivity index (χ4n) is 2.40. The van der Waals surface area contributed by atoms with Gasteiger partial charge in [0.05, 0.1) is 12.4 Å². The molecule has 2 rings (SSSR count). The van der Waals surface area contributed by atoms with E-state index in [9.17, 15) is 5.11 Å². The molecule has 15 heavy (non-hydrogen) atoms. The molecule has 0 amide bonds. The van der Waals surface area contributed by atoms with E-state index < -0.39 is 6.10 Å². The van der Waals surface area contributed by atoms with Gasteiger partial charge in [0.1, 0.15) is 0 Å². The van der Waals surface area contributed by atoms with Crippen LogP contribution in [0.25, 0.3) is 0 Å². The lowest BCUT2D eigenvalue weighted by atomic mass is 9.91. The van der Waals surface area contributed by atoms with Gasteiger partial charge >= 0.3 is 0 Å². The number of hydrogen-bond donors (Lipinski definition) is 1. The van der Waals surface area contributed by atoms with Crippen LogP contribution in [0.5, 0.6) is 0 Å². The molecule has 0 bridgehead atoms. The third-order valence-corrected chi connectivity index (χ3v) is 3.62. The molecule has 0 saturated heterocycles. The Kier molecular flexibility index (Phi) is 3.71. The van der Waals surface area contributed by atoms with Gasteiger partial charge in [0, 0.05) is 5.56 Å². The second-order valence-electron chi connectivity index (χ2n) is 4.35. The van der Waals surface area contributed by atoms with Crippen molar-refractivity contribution in [2.75, 3.05) is 0 Å². The van der Waals surface area contributed by atoms with Crippen LogP contribution in [0, 0.1) is 5.92 Å². The highest BCUT2D eigenvalue weighted by atomic mass is 35.5. The van der Waals surface area contributed by atoms with Gasteiger partial charge in [-0.2, -0.15) is 0 Å². The second-order valence-corrected chi connectivity index (χ2v) is 4.69. The van der Waals surface area contributed by atoms with Gasteiger partial charge in [-0.25, -0.2) is 0 Å². The topological polar surface area (TPSA) is 33.4 Å². The van der Waals surface area contributed by atoms with Crippen molar-refractivity contribution >= 4 is 11.6 Å². The molecule has 1 unspecified atom stereocenters. The normalized spacial score (nSPS) is 21.2. The van der Waals surface area contributed by atoms with Gasteiger partial charge in [-0.15, -0.1) is 0 Å². The van der Waals surface area contributed by atoms with Gasteiger partial charge < -0.3 is 9.52 Å². The Labute approximate surface area is 95.2 Å². The lowest BCUT2D eigenvalue weighted by molar-refractivity contribution is 0.0983. The summed E-state index contributed by atoms with van der Waals surface area (Å²) in [6, 6.07) is 1.78. The first kappa shape index (κ1) is 11.0. The fourth-order valence-corrected chi connectivity index (χ4v) is 2.62. The van der Waals surface area contributed by atoms with Crippen molar-refractivity contribution in [2.24, 2.45) is 5.92 Å². The van der Waals surface area contributed by atoms with Crippen LogP contribution in [-0.4, -0.2) is 5.11 Å². The molecule has 1 aromatic heterocycles. The maximum absolute atomic E-state index is 10.2. The van der Waals surface area contributed by atoms with Crippen LogP contribution >= 0.6 is 11.6 Å². The summed E-state index contributed by atoms with van der Waals surface area (Å²) in [7, 11) is 0. The van der Waals surface area contributed by atoms with Crippen LogP contribution in [0.4, 0.5) is 0 Å². The van der Waals surface area contributed by atoms with E-state index >= 15 is 0 Å². The van der Waals surface area contributed by atoms with Crippen LogP contribution in [0.1, 0.15) is 50.2 Å². The molecule has 1 N–H and O–H groups in total. The molecule has 1 aliphatic rings. The average Bonchev–Trinajstić information content (AvgIpc) is 2.53. The summed E-state index contributed by atoms with van der Waals surface area (Å²) in [6.07, 6.45) is 8.32. The predicted molar refractivity (Wildman–Crippen MR) is 59.9 cm³/mol. The first-order valence-electron chi connectivity index (χ1n) is 5.70. The minimum absolute atomic E-state index is 0.340. The van der Waals surface area contributed by atoms with Gasteiger partial charge in [-0.3, -0.25) is 0 Å². The second kappa shape index (κ2) is 5.04. The molecule has 1 aliphatic carbocycles. The summed E-state index contributed by atoms with van der Waals surface area (Å²) in [6.45, 7) is 0. The Hall–Kier alpha value is -0.470. The molecule has 0 spiro atoms. The fraction of sp³-hybridized carbons (Fsp3) is 0.667. The van der Waals surface area contributed by atoms with Gasteiger partial charge in [-0.05, 0) is 36.4 Å². The van der Waals surface area contributed by atoms with E-state index in [2.05, 4.69) is 0 Å². The standard InChI is InChI=1S/C12H17ClO2/c13-12-10(7-8-15-12)11(14)9-5-3-1-2-4-6-9/h7-9,11,14H,1-6H2. The largest absolute Gasteiger partial charge is 0.453 e. The Morgan fingerprint density at radius 2 is 1.93 bits per heavy atom. The van der Waals surface area contributed by atoms with E-state index in [0.29, 0.717) is 11.1 Å². The van der Waals surface area contributed by atoms with Gasteiger partial charge in [0.15, 0.2) is 5.22 Å². The minimum atomic E-state index is -0.450. The predicted octanol–water partition coefficient (Wildman–Crippen LogP) is 3.94. The first-order chi connectivity index (χ1) is 7.29. The van der Waals surface area contributed by atoms with E-state index in [1.54, 1.807) is 6.07 Å². The van der Waals surface area contributed by atoms with Crippen molar-refractivity contribution in [1.82, 2.24) is 0 Å². The molecule has 2 nitrogen and oxygen atoms in total. The van der Waals surface area contributed by atoms with Crippen LogP contribution in [-0.2, 0) is 0 Å². The molecular formula is C12H17ClO2. The zero-order valence-corrected chi connectivity index (χ0v) is 9.54. The van der Waals surface area contributed by atoms with Crippen molar-refractivity contribution in [3.63, 3.8) is 0 Å². The Morgan fingerprint density at radius 3 is 2.47 bits per heavy atom. The van der Waals surface area contributed by atoms with E-state index in [1.165, 1.54) is 31.9 Å². The van der Waals surface area contributed by atoms with E-state index in [-0.39, 0.29) is 0 Å². The van der Waals surface area contributed by atoms with Gasteiger partial charge in [0.2, 0.25) is 0 Å². The molecule has 1 aromatic rings. The zero-order chi connectivity index (χ0) is 10.7. The van der Waals surface area contributed by atoms with Crippen molar-refractivity contribution in [3.8, 4) is 0 Å². The Morgan fingerprint density at radius 1 is 1.27 bits per heavy atom. The third-order valence-electron chi connectivity index (χ3n) is 3.31. The maximum Gasteiger partial charge on any atom is 0.198 e. The van der Waals surface area contributed by atoms with Crippen LogP contribution in [0.3, 0.4) is 0 Å².